The molecule has 1 aliphatic carbocycles. The summed E-state index contributed by atoms with van der Waals surface area (Å²) >= 11 is 6.44. The van der Waals surface area contributed by atoms with E-state index in [-0.39, 0.29) is 6.61 Å². The Morgan fingerprint density at radius 3 is 2.76 bits per heavy atom. The molecule has 1 N–H and O–H groups in total. The Balaban J connectivity index is 1.91. The Morgan fingerprint density at radius 1 is 1.33 bits per heavy atom. The Hall–Kier alpha value is -1.32. The van der Waals surface area contributed by atoms with Crippen molar-refractivity contribution >= 4 is 11.6 Å². The number of hydrogen-bond acceptors (Lipinski definition) is 2. The third kappa shape index (κ3) is 2.99. The summed E-state index contributed by atoms with van der Waals surface area (Å²) in [6, 6.07) is 8.36. The molecule has 0 spiro atoms. The molecule has 0 atom stereocenters. The van der Waals surface area contributed by atoms with E-state index in [9.17, 15) is 5.11 Å². The van der Waals surface area contributed by atoms with Gasteiger partial charge in [-0.25, -0.2) is 4.68 Å². The molecule has 1 aromatic heterocycles. The van der Waals surface area contributed by atoms with Crippen molar-refractivity contribution in [2.75, 3.05) is 0 Å². The first kappa shape index (κ1) is 14.6. The zero-order chi connectivity index (χ0) is 14.8. The van der Waals surface area contributed by atoms with Gasteiger partial charge in [-0.15, -0.1) is 0 Å². The van der Waals surface area contributed by atoms with E-state index in [2.05, 4.69) is 25.1 Å². The normalized spacial score (nSPS) is 15.8. The molecule has 1 aliphatic rings. The largest absolute Gasteiger partial charge is 0.391 e. The summed E-state index contributed by atoms with van der Waals surface area (Å²) in [5.74, 6) is 0.461. The first-order valence-electron chi connectivity index (χ1n) is 7.60. The number of rotatable bonds is 4. The fraction of sp³-hybridized carbons (Fsp3) is 0.471. The second-order valence-electron chi connectivity index (χ2n) is 5.94. The molecule has 21 heavy (non-hydrogen) atoms. The fourth-order valence-corrected chi connectivity index (χ4v) is 3.51. The van der Waals surface area contributed by atoms with Gasteiger partial charge in [0.1, 0.15) is 5.15 Å². The lowest BCUT2D eigenvalue weighted by atomic mass is 10.0. The van der Waals surface area contributed by atoms with E-state index in [1.54, 1.807) is 0 Å². The third-order valence-electron chi connectivity index (χ3n) is 4.33. The van der Waals surface area contributed by atoms with E-state index in [4.69, 9.17) is 16.7 Å². The molecule has 112 valence electrons. The molecule has 1 aromatic carbocycles. The van der Waals surface area contributed by atoms with Crippen LogP contribution in [0.2, 0.25) is 5.15 Å². The fourth-order valence-electron chi connectivity index (χ4n) is 3.26. The molecule has 3 rings (SSSR count). The highest BCUT2D eigenvalue weighted by Gasteiger charge is 2.25. The summed E-state index contributed by atoms with van der Waals surface area (Å²) in [6.45, 7) is 2.70. The van der Waals surface area contributed by atoms with Crippen LogP contribution in [0.15, 0.2) is 24.3 Å². The van der Waals surface area contributed by atoms with Crippen LogP contribution in [-0.4, -0.2) is 14.9 Å². The van der Waals surface area contributed by atoms with Crippen molar-refractivity contribution in [3.8, 4) is 0 Å². The minimum Gasteiger partial charge on any atom is -0.391 e. The number of benzene rings is 1. The molecule has 1 heterocycles. The molecular weight excluding hydrogens is 284 g/mol. The molecule has 4 heteroatoms. The van der Waals surface area contributed by atoms with Crippen LogP contribution in [0.5, 0.6) is 0 Å². The molecule has 0 radical (unpaired) electrons. The van der Waals surface area contributed by atoms with Gasteiger partial charge in [0, 0.05) is 11.5 Å². The van der Waals surface area contributed by atoms with Crippen molar-refractivity contribution in [3.05, 3.63) is 51.8 Å². The Bertz CT molecular complexity index is 630. The number of halogens is 1. The molecule has 0 amide bonds. The molecule has 1 saturated carbocycles. The van der Waals surface area contributed by atoms with Gasteiger partial charge >= 0.3 is 0 Å². The molecular formula is C17H21ClN2O. The van der Waals surface area contributed by atoms with Crippen LogP contribution in [0.1, 0.15) is 54.0 Å². The standard InChI is InChI=1S/C17H21ClN2O/c1-12-5-4-6-13(9-12)10-20-17(18)15(11-21)16(19-20)14-7-2-3-8-14/h4-6,9,14,21H,2-3,7-8,10-11H2,1H3. The lowest BCUT2D eigenvalue weighted by molar-refractivity contribution is 0.280. The SMILES string of the molecule is Cc1cccc(Cn2nc(C3CCCC3)c(CO)c2Cl)c1. The highest BCUT2D eigenvalue weighted by molar-refractivity contribution is 6.30. The van der Waals surface area contributed by atoms with Gasteiger partial charge in [0.15, 0.2) is 0 Å². The molecule has 0 saturated heterocycles. The lowest BCUT2D eigenvalue weighted by Gasteiger charge is -2.06. The summed E-state index contributed by atoms with van der Waals surface area (Å²) < 4.78 is 1.83. The van der Waals surface area contributed by atoms with Crippen LogP contribution in [0.3, 0.4) is 0 Å². The van der Waals surface area contributed by atoms with Crippen LogP contribution in [0.4, 0.5) is 0 Å². The zero-order valence-electron chi connectivity index (χ0n) is 12.3. The van der Waals surface area contributed by atoms with Gasteiger partial charge in [-0.05, 0) is 25.3 Å². The van der Waals surface area contributed by atoms with Gasteiger partial charge in [-0.2, -0.15) is 5.10 Å². The van der Waals surface area contributed by atoms with Gasteiger partial charge in [0.25, 0.3) is 0 Å². The summed E-state index contributed by atoms with van der Waals surface area (Å²) in [4.78, 5) is 0. The van der Waals surface area contributed by atoms with Gasteiger partial charge in [-0.3, -0.25) is 0 Å². The van der Waals surface area contributed by atoms with E-state index in [1.165, 1.54) is 24.0 Å². The van der Waals surface area contributed by atoms with Crippen molar-refractivity contribution < 1.29 is 5.11 Å². The minimum absolute atomic E-state index is 0.0293. The highest BCUT2D eigenvalue weighted by atomic mass is 35.5. The predicted molar refractivity (Wildman–Crippen MR) is 84.6 cm³/mol. The smallest absolute Gasteiger partial charge is 0.133 e. The van der Waals surface area contributed by atoms with E-state index in [1.807, 2.05) is 10.7 Å². The van der Waals surface area contributed by atoms with Crippen LogP contribution in [-0.2, 0) is 13.2 Å². The quantitative estimate of drug-likeness (QED) is 0.925. The van der Waals surface area contributed by atoms with Gasteiger partial charge in [0.05, 0.1) is 18.8 Å². The first-order chi connectivity index (χ1) is 10.2. The van der Waals surface area contributed by atoms with E-state index in [0.29, 0.717) is 17.6 Å². The third-order valence-corrected chi connectivity index (χ3v) is 4.75. The van der Waals surface area contributed by atoms with Crippen LogP contribution >= 0.6 is 11.6 Å². The van der Waals surface area contributed by atoms with Crippen molar-refractivity contribution in [1.29, 1.82) is 0 Å². The number of aromatic nitrogens is 2. The van der Waals surface area contributed by atoms with Crippen molar-refractivity contribution in [3.63, 3.8) is 0 Å². The molecule has 2 aromatic rings. The Morgan fingerprint density at radius 2 is 2.10 bits per heavy atom. The second kappa shape index (κ2) is 6.20. The Kier molecular flexibility index (Phi) is 4.32. The maximum atomic E-state index is 9.65. The number of aryl methyl sites for hydroxylation is 1. The van der Waals surface area contributed by atoms with Crippen molar-refractivity contribution in [2.45, 2.75) is 51.7 Å². The summed E-state index contributed by atoms with van der Waals surface area (Å²) in [5.41, 5.74) is 4.24. The maximum absolute atomic E-state index is 9.65. The number of aliphatic hydroxyl groups is 1. The number of nitrogens with zero attached hydrogens (tertiary/aromatic N) is 2. The Labute approximate surface area is 130 Å². The second-order valence-corrected chi connectivity index (χ2v) is 6.30. The maximum Gasteiger partial charge on any atom is 0.133 e. The molecule has 1 fully saturated rings. The average Bonchev–Trinajstić information content (AvgIpc) is 3.08. The molecule has 0 bridgehead atoms. The monoisotopic (exact) mass is 304 g/mol. The van der Waals surface area contributed by atoms with E-state index in [0.717, 1.165) is 24.1 Å². The number of hydrogen-bond donors (Lipinski definition) is 1. The first-order valence-corrected chi connectivity index (χ1v) is 7.98. The zero-order valence-corrected chi connectivity index (χ0v) is 13.1. The van der Waals surface area contributed by atoms with Crippen molar-refractivity contribution in [1.82, 2.24) is 9.78 Å². The summed E-state index contributed by atoms with van der Waals surface area (Å²) in [5, 5.41) is 14.9. The molecule has 0 aliphatic heterocycles. The lowest BCUT2D eigenvalue weighted by Crippen LogP contribution is -2.03. The highest BCUT2D eigenvalue weighted by Crippen LogP contribution is 2.37. The number of aliphatic hydroxyl groups excluding tert-OH is 1. The summed E-state index contributed by atoms with van der Waals surface area (Å²) in [6.07, 6.45) is 4.81. The van der Waals surface area contributed by atoms with Gasteiger partial charge in [-0.1, -0.05) is 54.3 Å². The van der Waals surface area contributed by atoms with Crippen molar-refractivity contribution in [2.24, 2.45) is 0 Å². The van der Waals surface area contributed by atoms with Crippen LogP contribution in [0.25, 0.3) is 0 Å². The minimum atomic E-state index is -0.0293. The van der Waals surface area contributed by atoms with E-state index < -0.39 is 0 Å². The van der Waals surface area contributed by atoms with Gasteiger partial charge in [0.2, 0.25) is 0 Å². The van der Waals surface area contributed by atoms with Crippen LogP contribution < -0.4 is 0 Å². The molecule has 3 nitrogen and oxygen atoms in total. The van der Waals surface area contributed by atoms with Gasteiger partial charge < -0.3 is 5.11 Å². The molecule has 0 unspecified atom stereocenters. The predicted octanol–water partition coefficient (Wildman–Crippen LogP) is 4.04. The van der Waals surface area contributed by atoms with Crippen LogP contribution in [0, 0.1) is 6.92 Å². The summed E-state index contributed by atoms with van der Waals surface area (Å²) in [7, 11) is 0. The topological polar surface area (TPSA) is 38.0 Å². The average molecular weight is 305 g/mol. The van der Waals surface area contributed by atoms with E-state index >= 15 is 0 Å².